The minimum atomic E-state index is 0.302. The molecule has 3 aromatic rings. The standard InChI is InChI=1S/C21H26N4S/c1-14-9-10-16-18(11-14)26-21-19(16)20(23-13-24-21)22-12-17(25(2)3)15-7-5-4-6-8-15/h4-8,13-14,17H,9-12H2,1-3H3,(H,22,23,24)/t14-,17-/m1/s1. The van der Waals surface area contributed by atoms with E-state index in [-0.39, 0.29) is 0 Å². The highest BCUT2D eigenvalue weighted by molar-refractivity contribution is 7.19. The quantitative estimate of drug-likeness (QED) is 0.720. The number of aryl methyl sites for hydroxylation is 1. The molecular weight excluding hydrogens is 340 g/mol. The van der Waals surface area contributed by atoms with Gasteiger partial charge in [0.15, 0.2) is 0 Å². The van der Waals surface area contributed by atoms with Crippen LogP contribution in [0.3, 0.4) is 0 Å². The molecule has 0 aliphatic heterocycles. The summed E-state index contributed by atoms with van der Waals surface area (Å²) >= 11 is 1.85. The van der Waals surface area contributed by atoms with E-state index in [1.807, 2.05) is 11.3 Å². The molecule has 1 aromatic carbocycles. The van der Waals surface area contributed by atoms with Crippen LogP contribution in [0.1, 0.15) is 35.4 Å². The fraction of sp³-hybridized carbons (Fsp3) is 0.429. The fourth-order valence-corrected chi connectivity index (χ4v) is 5.23. The molecule has 0 radical (unpaired) electrons. The van der Waals surface area contributed by atoms with Crippen molar-refractivity contribution >= 4 is 27.4 Å². The number of likely N-dealkylation sites (N-methyl/N-ethyl adjacent to an activating group) is 1. The van der Waals surface area contributed by atoms with E-state index in [1.54, 1.807) is 6.33 Å². The van der Waals surface area contributed by atoms with Gasteiger partial charge < -0.3 is 10.2 Å². The van der Waals surface area contributed by atoms with Gasteiger partial charge in [-0.05, 0) is 50.4 Å². The first-order valence-corrected chi connectivity index (χ1v) is 10.2. The molecule has 0 bridgehead atoms. The summed E-state index contributed by atoms with van der Waals surface area (Å²) in [6.45, 7) is 3.17. The second-order valence-electron chi connectivity index (χ2n) is 7.53. The molecule has 2 aromatic heterocycles. The summed E-state index contributed by atoms with van der Waals surface area (Å²) in [4.78, 5) is 14.0. The van der Waals surface area contributed by atoms with Gasteiger partial charge in [0.2, 0.25) is 0 Å². The van der Waals surface area contributed by atoms with E-state index in [9.17, 15) is 0 Å². The first kappa shape index (κ1) is 17.4. The van der Waals surface area contributed by atoms with Gasteiger partial charge in [0.05, 0.1) is 11.4 Å². The molecule has 0 unspecified atom stereocenters. The van der Waals surface area contributed by atoms with Crippen LogP contribution in [0.15, 0.2) is 36.7 Å². The van der Waals surface area contributed by atoms with Gasteiger partial charge in [0.25, 0.3) is 0 Å². The van der Waals surface area contributed by atoms with Crippen LogP contribution in [0.25, 0.3) is 10.2 Å². The number of nitrogens with zero attached hydrogens (tertiary/aromatic N) is 3. The maximum atomic E-state index is 4.60. The van der Waals surface area contributed by atoms with Crippen LogP contribution >= 0.6 is 11.3 Å². The Bertz CT molecular complexity index is 888. The number of hydrogen-bond acceptors (Lipinski definition) is 5. The Kier molecular flexibility index (Phi) is 4.92. The third-order valence-electron chi connectivity index (χ3n) is 5.36. The first-order valence-electron chi connectivity index (χ1n) is 9.34. The highest BCUT2D eigenvalue weighted by atomic mass is 32.1. The van der Waals surface area contributed by atoms with Crippen LogP contribution in [0, 0.1) is 5.92 Å². The third-order valence-corrected chi connectivity index (χ3v) is 6.52. The van der Waals surface area contributed by atoms with Gasteiger partial charge in [-0.1, -0.05) is 37.3 Å². The van der Waals surface area contributed by atoms with E-state index >= 15 is 0 Å². The summed E-state index contributed by atoms with van der Waals surface area (Å²) in [5.74, 6) is 1.76. The van der Waals surface area contributed by atoms with Crippen LogP contribution in [0.2, 0.25) is 0 Å². The summed E-state index contributed by atoms with van der Waals surface area (Å²) in [6.07, 6.45) is 5.29. The van der Waals surface area contributed by atoms with E-state index < -0.39 is 0 Å². The van der Waals surface area contributed by atoms with Gasteiger partial charge >= 0.3 is 0 Å². The predicted molar refractivity (Wildman–Crippen MR) is 110 cm³/mol. The van der Waals surface area contributed by atoms with Crippen molar-refractivity contribution in [2.45, 2.75) is 32.2 Å². The predicted octanol–water partition coefficient (Wildman–Crippen LogP) is 4.53. The average Bonchev–Trinajstić information content (AvgIpc) is 3.00. The smallest absolute Gasteiger partial charge is 0.138 e. The number of benzene rings is 1. The summed E-state index contributed by atoms with van der Waals surface area (Å²) < 4.78 is 0. The molecule has 4 rings (SSSR count). The molecule has 2 atom stereocenters. The molecule has 0 saturated heterocycles. The minimum Gasteiger partial charge on any atom is -0.368 e. The molecule has 0 saturated carbocycles. The number of thiophene rings is 1. The minimum absolute atomic E-state index is 0.302. The van der Waals surface area contributed by atoms with E-state index in [2.05, 4.69) is 71.5 Å². The second-order valence-corrected chi connectivity index (χ2v) is 8.61. The number of fused-ring (bicyclic) bond motifs is 3. The molecule has 5 heteroatoms. The Labute approximate surface area is 159 Å². The number of hydrogen-bond donors (Lipinski definition) is 1. The Morgan fingerprint density at radius 2 is 2.04 bits per heavy atom. The van der Waals surface area contributed by atoms with Crippen molar-refractivity contribution in [2.24, 2.45) is 5.92 Å². The molecule has 136 valence electrons. The lowest BCUT2D eigenvalue weighted by Crippen LogP contribution is -2.27. The zero-order valence-corrected chi connectivity index (χ0v) is 16.5. The zero-order valence-electron chi connectivity index (χ0n) is 15.7. The molecular formula is C21H26N4S. The molecule has 0 fully saturated rings. The molecule has 4 nitrogen and oxygen atoms in total. The molecule has 1 N–H and O–H groups in total. The molecule has 0 spiro atoms. The summed E-state index contributed by atoms with van der Waals surface area (Å²) in [5, 5.41) is 4.88. The van der Waals surface area contributed by atoms with Gasteiger partial charge in [-0.2, -0.15) is 0 Å². The highest BCUT2D eigenvalue weighted by Crippen LogP contribution is 2.39. The molecule has 0 amide bonds. The fourth-order valence-electron chi connectivity index (χ4n) is 3.88. The van der Waals surface area contributed by atoms with Crippen molar-refractivity contribution in [3.63, 3.8) is 0 Å². The Morgan fingerprint density at radius 3 is 2.81 bits per heavy atom. The van der Waals surface area contributed by atoms with Crippen LogP contribution in [0.4, 0.5) is 5.82 Å². The lowest BCUT2D eigenvalue weighted by Gasteiger charge is -2.25. The topological polar surface area (TPSA) is 41.1 Å². The lowest BCUT2D eigenvalue weighted by molar-refractivity contribution is 0.311. The lowest BCUT2D eigenvalue weighted by atomic mass is 9.89. The van der Waals surface area contributed by atoms with E-state index in [4.69, 9.17) is 0 Å². The zero-order chi connectivity index (χ0) is 18.1. The monoisotopic (exact) mass is 366 g/mol. The maximum Gasteiger partial charge on any atom is 0.138 e. The van der Waals surface area contributed by atoms with Gasteiger partial charge in [-0.25, -0.2) is 9.97 Å². The average molecular weight is 367 g/mol. The number of nitrogens with one attached hydrogen (secondary N) is 1. The van der Waals surface area contributed by atoms with Crippen molar-refractivity contribution in [1.29, 1.82) is 0 Å². The number of aromatic nitrogens is 2. The van der Waals surface area contributed by atoms with Crippen molar-refractivity contribution in [1.82, 2.24) is 14.9 Å². The normalized spacial score (nSPS) is 18.1. The third kappa shape index (κ3) is 3.33. The summed E-state index contributed by atoms with van der Waals surface area (Å²) in [7, 11) is 4.26. The van der Waals surface area contributed by atoms with Crippen molar-refractivity contribution in [3.8, 4) is 0 Å². The van der Waals surface area contributed by atoms with Gasteiger partial charge in [-0.3, -0.25) is 0 Å². The van der Waals surface area contributed by atoms with Crippen LogP contribution in [-0.4, -0.2) is 35.5 Å². The Hall–Kier alpha value is -1.98. The van der Waals surface area contributed by atoms with Crippen LogP contribution < -0.4 is 5.32 Å². The van der Waals surface area contributed by atoms with E-state index in [1.165, 1.54) is 34.2 Å². The Balaban J connectivity index is 1.63. The van der Waals surface area contributed by atoms with Crippen molar-refractivity contribution < 1.29 is 0 Å². The highest BCUT2D eigenvalue weighted by Gasteiger charge is 2.23. The second kappa shape index (κ2) is 7.33. The molecule has 1 aliphatic carbocycles. The molecule has 26 heavy (non-hydrogen) atoms. The number of rotatable bonds is 5. The number of anilines is 1. The van der Waals surface area contributed by atoms with Crippen LogP contribution in [-0.2, 0) is 12.8 Å². The van der Waals surface area contributed by atoms with Gasteiger partial charge in [0.1, 0.15) is 17.0 Å². The van der Waals surface area contributed by atoms with Crippen molar-refractivity contribution in [3.05, 3.63) is 52.7 Å². The van der Waals surface area contributed by atoms with Gasteiger partial charge in [-0.15, -0.1) is 11.3 Å². The van der Waals surface area contributed by atoms with Gasteiger partial charge in [0, 0.05) is 11.4 Å². The largest absolute Gasteiger partial charge is 0.368 e. The van der Waals surface area contributed by atoms with Crippen LogP contribution in [0.5, 0.6) is 0 Å². The van der Waals surface area contributed by atoms with E-state index in [0.29, 0.717) is 6.04 Å². The molecule has 1 aliphatic rings. The SMILES string of the molecule is C[C@@H]1CCc2c(sc3ncnc(NC[C@H](c4ccccc4)N(C)C)c23)C1. The summed E-state index contributed by atoms with van der Waals surface area (Å²) in [5.41, 5.74) is 2.80. The summed E-state index contributed by atoms with van der Waals surface area (Å²) in [6, 6.07) is 11.0. The first-order chi connectivity index (χ1) is 12.6. The Morgan fingerprint density at radius 1 is 1.23 bits per heavy atom. The van der Waals surface area contributed by atoms with Crippen molar-refractivity contribution in [2.75, 3.05) is 26.0 Å². The maximum absolute atomic E-state index is 4.60. The molecule has 2 heterocycles. The van der Waals surface area contributed by atoms with E-state index in [0.717, 1.165) is 29.5 Å².